The first-order valence-corrected chi connectivity index (χ1v) is 6.66. The molecule has 0 saturated carbocycles. The number of aromatic nitrogens is 3. The van der Waals surface area contributed by atoms with E-state index in [0.29, 0.717) is 16.9 Å². The summed E-state index contributed by atoms with van der Waals surface area (Å²) < 4.78 is 7.05. The molecule has 8 heteroatoms. The Kier molecular flexibility index (Phi) is 3.30. The Bertz CT molecular complexity index is 768. The van der Waals surface area contributed by atoms with Crippen molar-refractivity contribution in [1.29, 1.82) is 0 Å². The first-order chi connectivity index (χ1) is 10.4. The maximum atomic E-state index is 10.6. The number of fused-ring (bicyclic) bond motifs is 1. The molecule has 0 bridgehead atoms. The fourth-order valence-corrected chi connectivity index (χ4v) is 2.83. The lowest BCUT2D eigenvalue weighted by molar-refractivity contribution is -0.0718. The van der Waals surface area contributed by atoms with Crippen molar-refractivity contribution in [2.75, 3.05) is 12.3 Å². The van der Waals surface area contributed by atoms with Crippen LogP contribution in [0.2, 0.25) is 0 Å². The first kappa shape index (κ1) is 14.7. The highest BCUT2D eigenvalue weighted by Crippen LogP contribution is 2.40. The average molecular weight is 304 g/mol. The molecule has 0 aromatic carbocycles. The van der Waals surface area contributed by atoms with Crippen molar-refractivity contribution in [1.82, 2.24) is 14.5 Å². The lowest BCUT2D eigenvalue weighted by atomic mass is 9.95. The quantitative estimate of drug-likeness (QED) is 0.521. The van der Waals surface area contributed by atoms with E-state index in [9.17, 15) is 15.3 Å². The molecule has 2 aromatic rings. The summed E-state index contributed by atoms with van der Waals surface area (Å²) in [5.41, 5.74) is 5.06. The number of aliphatic hydroxyl groups is 3. The maximum Gasteiger partial charge on any atom is 0.199 e. The smallest absolute Gasteiger partial charge is 0.199 e. The number of ether oxygens (including phenoxy) is 1. The van der Waals surface area contributed by atoms with E-state index in [1.807, 2.05) is 6.92 Å². The van der Waals surface area contributed by atoms with Gasteiger partial charge in [-0.25, -0.2) is 9.97 Å². The molecule has 1 saturated heterocycles. The van der Waals surface area contributed by atoms with E-state index < -0.39 is 30.6 Å². The number of rotatable bonds is 2. The van der Waals surface area contributed by atoms with Crippen molar-refractivity contribution in [3.8, 4) is 12.3 Å². The molecule has 0 spiro atoms. The number of aliphatic hydroxyl groups excluding tert-OH is 2. The van der Waals surface area contributed by atoms with Crippen molar-refractivity contribution in [2.24, 2.45) is 0 Å². The molecule has 8 nitrogen and oxygen atoms in total. The lowest BCUT2D eigenvalue weighted by Crippen LogP contribution is -2.45. The topological polar surface area (TPSA) is 127 Å². The Morgan fingerprint density at radius 1 is 1.55 bits per heavy atom. The van der Waals surface area contributed by atoms with Gasteiger partial charge in [-0.05, 0) is 12.5 Å². The summed E-state index contributed by atoms with van der Waals surface area (Å²) >= 11 is 0. The third-order valence-corrected chi connectivity index (χ3v) is 3.98. The molecule has 1 aliphatic heterocycles. The van der Waals surface area contributed by atoms with Gasteiger partial charge < -0.3 is 30.4 Å². The van der Waals surface area contributed by atoms with Crippen molar-refractivity contribution in [3.63, 3.8) is 0 Å². The highest BCUT2D eigenvalue weighted by molar-refractivity contribution is 5.89. The van der Waals surface area contributed by atoms with Crippen molar-refractivity contribution >= 4 is 16.9 Å². The number of nitrogens with zero attached hydrogens (tertiary/aromatic N) is 3. The lowest BCUT2D eigenvalue weighted by Gasteiger charge is -2.26. The zero-order valence-electron chi connectivity index (χ0n) is 11.8. The van der Waals surface area contributed by atoms with Crippen LogP contribution >= 0.6 is 0 Å². The molecule has 0 radical (unpaired) electrons. The molecular formula is C14H16N4O4. The third kappa shape index (κ3) is 1.81. The number of hydrogen-bond donors (Lipinski definition) is 4. The standard InChI is InChI=1S/C14H16N4O4/c1-3-14(21)10(20)8(5-19)22-13(14)18-4-7(2)9-11(15)16-6-17-12(9)18/h1,4,6,8,10,13,19-21H,5H2,2H3,(H2,15,16,17)/t8-,10-,13-,14-/m1/s1. The van der Waals surface area contributed by atoms with Gasteiger partial charge in [-0.2, -0.15) is 0 Å². The molecule has 0 aliphatic carbocycles. The number of nitrogens with two attached hydrogens (primary N) is 1. The van der Waals surface area contributed by atoms with E-state index in [-0.39, 0.29) is 0 Å². The van der Waals surface area contributed by atoms with Crippen molar-refractivity contribution < 1.29 is 20.1 Å². The van der Waals surface area contributed by atoms with Crippen molar-refractivity contribution in [2.45, 2.75) is 31.0 Å². The molecule has 1 fully saturated rings. The molecule has 0 unspecified atom stereocenters. The van der Waals surface area contributed by atoms with Crippen LogP contribution in [0.1, 0.15) is 11.8 Å². The summed E-state index contributed by atoms with van der Waals surface area (Å²) in [6.07, 6.45) is 4.82. The van der Waals surface area contributed by atoms with Gasteiger partial charge in [0.25, 0.3) is 0 Å². The summed E-state index contributed by atoms with van der Waals surface area (Å²) in [7, 11) is 0. The minimum absolute atomic E-state index is 0.294. The van der Waals surface area contributed by atoms with Gasteiger partial charge >= 0.3 is 0 Å². The van der Waals surface area contributed by atoms with Crippen molar-refractivity contribution in [3.05, 3.63) is 18.1 Å². The normalized spacial score (nSPS) is 31.5. The summed E-state index contributed by atoms with van der Waals surface area (Å²) in [6, 6.07) is 0. The van der Waals surface area contributed by atoms with Gasteiger partial charge in [0, 0.05) is 6.20 Å². The van der Waals surface area contributed by atoms with Gasteiger partial charge in [-0.3, -0.25) is 0 Å². The second-order valence-corrected chi connectivity index (χ2v) is 5.30. The summed E-state index contributed by atoms with van der Waals surface area (Å²) in [5.74, 6) is 2.46. The SMILES string of the molecule is C#C[C@@]1(O)[C@H](O)[C@@H](CO)O[C@H]1n1cc(C)c2c(N)ncnc21. The maximum absolute atomic E-state index is 10.6. The second-order valence-electron chi connectivity index (χ2n) is 5.30. The van der Waals surface area contributed by atoms with Crippen LogP contribution in [0.25, 0.3) is 11.0 Å². The van der Waals surface area contributed by atoms with Gasteiger partial charge in [0.1, 0.15) is 30.0 Å². The monoisotopic (exact) mass is 304 g/mol. The van der Waals surface area contributed by atoms with Crippen LogP contribution in [0.5, 0.6) is 0 Å². The molecule has 3 heterocycles. The molecule has 0 amide bonds. The van der Waals surface area contributed by atoms with E-state index in [0.717, 1.165) is 5.56 Å². The molecule has 22 heavy (non-hydrogen) atoms. The predicted octanol–water partition coefficient (Wildman–Crippen LogP) is -1.06. The Labute approximate surface area is 126 Å². The highest BCUT2D eigenvalue weighted by atomic mass is 16.6. The Hall–Kier alpha value is -2.18. The van der Waals surface area contributed by atoms with E-state index >= 15 is 0 Å². The first-order valence-electron chi connectivity index (χ1n) is 6.66. The van der Waals surface area contributed by atoms with Gasteiger partial charge in [0.15, 0.2) is 11.8 Å². The Balaban J connectivity index is 2.20. The summed E-state index contributed by atoms with van der Waals surface area (Å²) in [5, 5.41) is 30.6. The van der Waals surface area contributed by atoms with Gasteiger partial charge in [-0.1, -0.05) is 5.92 Å². The fraction of sp³-hybridized carbons (Fsp3) is 0.429. The zero-order chi connectivity index (χ0) is 16.1. The molecule has 2 aromatic heterocycles. The van der Waals surface area contributed by atoms with Crippen LogP contribution in [0.4, 0.5) is 5.82 Å². The van der Waals surface area contributed by atoms with Crippen LogP contribution < -0.4 is 5.73 Å². The third-order valence-electron chi connectivity index (χ3n) is 3.98. The van der Waals surface area contributed by atoms with Crippen LogP contribution in [0.15, 0.2) is 12.5 Å². The Morgan fingerprint density at radius 3 is 2.91 bits per heavy atom. The predicted molar refractivity (Wildman–Crippen MR) is 77.5 cm³/mol. The molecule has 3 rings (SSSR count). The number of hydrogen-bond acceptors (Lipinski definition) is 7. The zero-order valence-corrected chi connectivity index (χ0v) is 11.8. The van der Waals surface area contributed by atoms with Crippen LogP contribution in [0, 0.1) is 19.3 Å². The number of nitrogen functional groups attached to an aromatic ring is 1. The number of terminal acetylenes is 1. The van der Waals surface area contributed by atoms with Crippen LogP contribution in [0.3, 0.4) is 0 Å². The number of anilines is 1. The van der Waals surface area contributed by atoms with Crippen LogP contribution in [-0.2, 0) is 4.74 Å². The molecular weight excluding hydrogens is 288 g/mol. The van der Waals surface area contributed by atoms with Gasteiger partial charge in [0.05, 0.1) is 12.0 Å². The van der Waals surface area contributed by atoms with E-state index in [1.165, 1.54) is 10.9 Å². The minimum Gasteiger partial charge on any atom is -0.394 e. The molecule has 116 valence electrons. The number of aryl methyl sites for hydroxylation is 1. The van der Waals surface area contributed by atoms with Gasteiger partial charge in [0.2, 0.25) is 0 Å². The summed E-state index contributed by atoms with van der Waals surface area (Å²) in [6.45, 7) is 1.33. The largest absolute Gasteiger partial charge is 0.394 e. The Morgan fingerprint density at radius 2 is 2.27 bits per heavy atom. The fourth-order valence-electron chi connectivity index (χ4n) is 2.83. The van der Waals surface area contributed by atoms with E-state index in [4.69, 9.17) is 16.9 Å². The van der Waals surface area contributed by atoms with Gasteiger partial charge in [-0.15, -0.1) is 6.42 Å². The highest BCUT2D eigenvalue weighted by Gasteiger charge is 2.55. The van der Waals surface area contributed by atoms with Crippen LogP contribution in [-0.4, -0.2) is 54.3 Å². The van der Waals surface area contributed by atoms with E-state index in [2.05, 4.69) is 15.9 Å². The molecule has 5 N–H and O–H groups in total. The molecule has 1 aliphatic rings. The van der Waals surface area contributed by atoms with E-state index in [1.54, 1.807) is 6.20 Å². The second kappa shape index (κ2) is 4.93. The average Bonchev–Trinajstić information content (AvgIpc) is 2.97. The summed E-state index contributed by atoms with van der Waals surface area (Å²) in [4.78, 5) is 8.08. The minimum atomic E-state index is -1.99. The molecule has 4 atom stereocenters.